The van der Waals surface area contributed by atoms with E-state index in [1.54, 1.807) is 0 Å². The second-order valence-corrected chi connectivity index (χ2v) is 7.72. The van der Waals surface area contributed by atoms with E-state index >= 15 is 0 Å². The quantitative estimate of drug-likeness (QED) is 0.817. The van der Waals surface area contributed by atoms with Gasteiger partial charge in [0.1, 0.15) is 0 Å². The van der Waals surface area contributed by atoms with Crippen molar-refractivity contribution in [1.29, 1.82) is 0 Å². The van der Waals surface area contributed by atoms with Crippen molar-refractivity contribution in [1.82, 2.24) is 10.2 Å². The predicted molar refractivity (Wildman–Crippen MR) is 107 cm³/mol. The number of halogens is 1. The van der Waals surface area contributed by atoms with Crippen LogP contribution in [0.1, 0.15) is 24.0 Å². The zero-order valence-electron chi connectivity index (χ0n) is 15.2. The number of likely N-dealkylation sites (tertiary alicyclic amines) is 1. The van der Waals surface area contributed by atoms with Crippen LogP contribution in [0.2, 0.25) is 5.02 Å². The third-order valence-electron chi connectivity index (χ3n) is 5.10. The molecule has 2 aliphatic heterocycles. The molecule has 2 amide bonds. The van der Waals surface area contributed by atoms with E-state index in [9.17, 15) is 4.79 Å². The molecule has 2 saturated heterocycles. The first-order valence-electron chi connectivity index (χ1n) is 9.40. The molecule has 2 N–H and O–H groups in total. The number of hydrogen-bond acceptors (Lipinski definition) is 3. The van der Waals surface area contributed by atoms with E-state index < -0.39 is 0 Å². The molecule has 0 aliphatic carbocycles. The van der Waals surface area contributed by atoms with Gasteiger partial charge in [-0.2, -0.15) is 0 Å². The zero-order chi connectivity index (χ0) is 18.6. The van der Waals surface area contributed by atoms with Crippen LogP contribution in [0.25, 0.3) is 0 Å². The highest BCUT2D eigenvalue weighted by Crippen LogP contribution is 2.27. The van der Waals surface area contributed by atoms with Gasteiger partial charge in [-0.3, -0.25) is 4.90 Å². The summed E-state index contributed by atoms with van der Waals surface area (Å²) in [6.07, 6.45) is 3.20. The second kappa shape index (κ2) is 8.30. The van der Waals surface area contributed by atoms with Crippen molar-refractivity contribution in [3.8, 4) is 0 Å². The lowest BCUT2D eigenvalue weighted by Gasteiger charge is -2.32. The van der Waals surface area contributed by atoms with Gasteiger partial charge < -0.3 is 15.4 Å². The molecule has 5 nitrogen and oxygen atoms in total. The Hall–Kier alpha value is -2.08. The smallest absolute Gasteiger partial charge is 0.319 e. The van der Waals surface area contributed by atoms with Crippen LogP contribution in [-0.2, 0) is 17.8 Å². The van der Waals surface area contributed by atoms with Crippen molar-refractivity contribution >= 4 is 23.3 Å². The first-order chi connectivity index (χ1) is 13.1. The summed E-state index contributed by atoms with van der Waals surface area (Å²) in [6.45, 7) is 3.42. The minimum absolute atomic E-state index is 0.220. The van der Waals surface area contributed by atoms with Crippen molar-refractivity contribution < 1.29 is 9.53 Å². The van der Waals surface area contributed by atoms with E-state index in [2.05, 4.69) is 27.7 Å². The third-order valence-corrected chi connectivity index (χ3v) is 5.36. The molecular formula is C21H24ClN3O2. The van der Waals surface area contributed by atoms with E-state index in [1.165, 1.54) is 18.4 Å². The lowest BCUT2D eigenvalue weighted by molar-refractivity contribution is -0.0410. The summed E-state index contributed by atoms with van der Waals surface area (Å²) in [6, 6.07) is 15.3. The van der Waals surface area contributed by atoms with Crippen LogP contribution < -0.4 is 10.6 Å². The third kappa shape index (κ3) is 5.01. The van der Waals surface area contributed by atoms with Crippen LogP contribution in [0.3, 0.4) is 0 Å². The summed E-state index contributed by atoms with van der Waals surface area (Å²) in [5.74, 6) is 0. The van der Waals surface area contributed by atoms with Gasteiger partial charge in [-0.05, 0) is 48.2 Å². The number of carbonyl (C=O) groups excluding carboxylic acids is 1. The molecule has 0 spiro atoms. The van der Waals surface area contributed by atoms with Crippen LogP contribution in [0, 0.1) is 0 Å². The highest BCUT2D eigenvalue weighted by atomic mass is 35.5. The van der Waals surface area contributed by atoms with E-state index in [-0.39, 0.29) is 6.03 Å². The number of hydrogen-bond donors (Lipinski definition) is 2. The molecule has 2 aliphatic rings. The number of anilines is 1. The molecule has 2 unspecified atom stereocenters. The van der Waals surface area contributed by atoms with E-state index in [0.717, 1.165) is 30.9 Å². The molecule has 2 atom stereocenters. The van der Waals surface area contributed by atoms with Crippen LogP contribution in [0.15, 0.2) is 48.5 Å². The maximum atomic E-state index is 12.1. The number of ether oxygens (including phenoxy) is 1. The van der Waals surface area contributed by atoms with Gasteiger partial charge in [0, 0.05) is 36.9 Å². The first-order valence-corrected chi connectivity index (χ1v) is 9.78. The second-order valence-electron chi connectivity index (χ2n) is 7.28. The Bertz CT molecular complexity index is 767. The summed E-state index contributed by atoms with van der Waals surface area (Å²) in [4.78, 5) is 14.5. The summed E-state index contributed by atoms with van der Waals surface area (Å²) >= 11 is 5.86. The van der Waals surface area contributed by atoms with E-state index in [0.29, 0.717) is 23.8 Å². The Morgan fingerprint density at radius 2 is 1.63 bits per heavy atom. The molecule has 2 bridgehead atoms. The van der Waals surface area contributed by atoms with Crippen molar-refractivity contribution in [2.24, 2.45) is 0 Å². The summed E-state index contributed by atoms with van der Waals surface area (Å²) in [5, 5.41) is 6.41. The van der Waals surface area contributed by atoms with Crippen LogP contribution in [0.5, 0.6) is 0 Å². The lowest BCUT2D eigenvalue weighted by atomic mass is 10.1. The van der Waals surface area contributed by atoms with Gasteiger partial charge in [-0.15, -0.1) is 0 Å². The zero-order valence-corrected chi connectivity index (χ0v) is 15.9. The van der Waals surface area contributed by atoms with Crippen molar-refractivity contribution in [3.05, 3.63) is 64.7 Å². The van der Waals surface area contributed by atoms with E-state index in [1.807, 2.05) is 36.4 Å². The number of morpholine rings is 1. The number of nitrogens with one attached hydrogen (secondary N) is 2. The number of nitrogens with zero attached hydrogens (tertiary/aromatic N) is 1. The molecule has 2 heterocycles. The molecule has 4 rings (SSSR count). The topological polar surface area (TPSA) is 53.6 Å². The van der Waals surface area contributed by atoms with Gasteiger partial charge in [0.15, 0.2) is 0 Å². The molecule has 0 saturated carbocycles. The van der Waals surface area contributed by atoms with Gasteiger partial charge in [0.25, 0.3) is 0 Å². The highest BCUT2D eigenvalue weighted by molar-refractivity contribution is 6.30. The lowest BCUT2D eigenvalue weighted by Crippen LogP contribution is -2.41. The van der Waals surface area contributed by atoms with Crippen LogP contribution >= 0.6 is 11.6 Å². The summed E-state index contributed by atoms with van der Waals surface area (Å²) in [7, 11) is 0. The van der Waals surface area contributed by atoms with Crippen LogP contribution in [-0.4, -0.2) is 36.2 Å². The Morgan fingerprint density at radius 1 is 1.00 bits per heavy atom. The van der Waals surface area contributed by atoms with Gasteiger partial charge in [0.05, 0.1) is 12.2 Å². The SMILES string of the molecule is O=C(NCc1ccc(Cl)cc1)Nc1ccc(CN2CC3CCC(C2)O3)cc1. The Balaban J connectivity index is 1.25. The minimum Gasteiger partial charge on any atom is -0.372 e. The number of carbonyl (C=O) groups is 1. The first kappa shape index (κ1) is 18.3. The predicted octanol–water partition coefficient (Wildman–Crippen LogP) is 4.02. The fourth-order valence-electron chi connectivity index (χ4n) is 3.74. The van der Waals surface area contributed by atoms with Crippen molar-refractivity contribution in [2.75, 3.05) is 18.4 Å². The molecule has 142 valence electrons. The number of benzene rings is 2. The number of urea groups is 1. The number of amides is 2. The maximum absolute atomic E-state index is 12.1. The van der Waals surface area contributed by atoms with Gasteiger partial charge in [0.2, 0.25) is 0 Å². The number of rotatable bonds is 5. The van der Waals surface area contributed by atoms with Crippen LogP contribution in [0.4, 0.5) is 10.5 Å². The summed E-state index contributed by atoms with van der Waals surface area (Å²) in [5.41, 5.74) is 3.04. The fraction of sp³-hybridized carbons (Fsp3) is 0.381. The monoisotopic (exact) mass is 385 g/mol. The maximum Gasteiger partial charge on any atom is 0.319 e. The van der Waals surface area contributed by atoms with Gasteiger partial charge in [-0.1, -0.05) is 35.9 Å². The fourth-order valence-corrected chi connectivity index (χ4v) is 3.87. The Morgan fingerprint density at radius 3 is 2.30 bits per heavy atom. The molecular weight excluding hydrogens is 362 g/mol. The van der Waals surface area contributed by atoms with Crippen molar-refractivity contribution in [3.63, 3.8) is 0 Å². The molecule has 27 heavy (non-hydrogen) atoms. The number of fused-ring (bicyclic) bond motifs is 2. The Labute approximate surface area is 164 Å². The molecule has 0 radical (unpaired) electrons. The molecule has 2 aromatic carbocycles. The average Bonchev–Trinajstić information content (AvgIpc) is 3.01. The van der Waals surface area contributed by atoms with Gasteiger partial charge >= 0.3 is 6.03 Å². The molecule has 2 fully saturated rings. The van der Waals surface area contributed by atoms with E-state index in [4.69, 9.17) is 16.3 Å². The molecule has 2 aromatic rings. The normalized spacial score (nSPS) is 21.8. The Kier molecular flexibility index (Phi) is 5.62. The molecule has 6 heteroatoms. The molecule has 0 aromatic heterocycles. The average molecular weight is 386 g/mol. The largest absolute Gasteiger partial charge is 0.372 e. The standard InChI is InChI=1S/C21H24ClN3O2/c22-17-5-1-15(2-6-17)11-23-21(26)24-18-7-3-16(4-8-18)12-25-13-19-9-10-20(14-25)27-19/h1-8,19-20H,9-14H2,(H2,23,24,26). The summed E-state index contributed by atoms with van der Waals surface area (Å²) < 4.78 is 5.89. The highest BCUT2D eigenvalue weighted by Gasteiger charge is 2.33. The minimum atomic E-state index is -0.220. The van der Waals surface area contributed by atoms with Crippen molar-refractivity contribution in [2.45, 2.75) is 38.1 Å². The van der Waals surface area contributed by atoms with Gasteiger partial charge in [-0.25, -0.2) is 4.79 Å².